The monoisotopic (exact) mass is 446 g/mol. The molecule has 3 heterocycles. The lowest BCUT2D eigenvalue weighted by Gasteiger charge is -2.38. The molecule has 1 aromatic carbocycles. The van der Waals surface area contributed by atoms with Crippen LogP contribution >= 0.6 is 11.3 Å². The van der Waals surface area contributed by atoms with E-state index in [1.807, 2.05) is 30.0 Å². The summed E-state index contributed by atoms with van der Waals surface area (Å²) in [6.07, 6.45) is 1.38. The minimum atomic E-state index is -0.285. The van der Waals surface area contributed by atoms with Gasteiger partial charge in [0.15, 0.2) is 5.13 Å². The molecule has 9 heteroatoms. The first kappa shape index (κ1) is 21.7. The van der Waals surface area contributed by atoms with Crippen molar-refractivity contribution in [2.75, 3.05) is 57.4 Å². The number of anilines is 1. The number of carbonyl (C=O) groups excluding carboxylic acids is 2. The molecule has 2 aliphatic rings. The van der Waals surface area contributed by atoms with Crippen LogP contribution in [0.5, 0.6) is 5.75 Å². The van der Waals surface area contributed by atoms with Crippen LogP contribution in [0.4, 0.5) is 9.93 Å². The molecule has 0 saturated carbocycles. The van der Waals surface area contributed by atoms with Gasteiger partial charge in [0.05, 0.1) is 23.4 Å². The van der Waals surface area contributed by atoms with Crippen molar-refractivity contribution >= 4 is 38.7 Å². The molecule has 2 aliphatic heterocycles. The zero-order valence-electron chi connectivity index (χ0n) is 18.2. The molecule has 1 aromatic heterocycles. The summed E-state index contributed by atoms with van der Waals surface area (Å²) in [7, 11) is 0. The first-order valence-electron chi connectivity index (χ1n) is 11.1. The maximum absolute atomic E-state index is 13.0. The smallest absolute Gasteiger partial charge is 0.409 e. The van der Waals surface area contributed by atoms with Crippen molar-refractivity contribution in [3.8, 4) is 5.75 Å². The highest BCUT2D eigenvalue weighted by Crippen LogP contribution is 2.33. The summed E-state index contributed by atoms with van der Waals surface area (Å²) in [6, 6.07) is 6.01. The van der Waals surface area contributed by atoms with E-state index in [0.29, 0.717) is 39.4 Å². The maximum Gasteiger partial charge on any atom is 0.409 e. The predicted octanol–water partition coefficient (Wildman–Crippen LogP) is 3.21. The Morgan fingerprint density at radius 3 is 2.42 bits per heavy atom. The Balaban J connectivity index is 1.30. The van der Waals surface area contributed by atoms with Gasteiger partial charge in [-0.25, -0.2) is 9.78 Å². The van der Waals surface area contributed by atoms with Gasteiger partial charge in [0.2, 0.25) is 5.91 Å². The summed E-state index contributed by atoms with van der Waals surface area (Å²) >= 11 is 1.68. The lowest BCUT2D eigenvalue weighted by molar-refractivity contribution is -0.137. The molecular weight excluding hydrogens is 416 g/mol. The molecule has 0 radical (unpaired) electrons. The van der Waals surface area contributed by atoms with E-state index in [-0.39, 0.29) is 17.9 Å². The van der Waals surface area contributed by atoms with Crippen LogP contribution in [0.2, 0.25) is 0 Å². The maximum atomic E-state index is 13.0. The number of piperidine rings is 1. The van der Waals surface area contributed by atoms with E-state index < -0.39 is 0 Å². The topological polar surface area (TPSA) is 75.2 Å². The fraction of sp³-hybridized carbons (Fsp3) is 0.591. The number of thiazole rings is 1. The molecule has 2 aromatic rings. The Morgan fingerprint density at radius 2 is 1.74 bits per heavy atom. The molecule has 0 unspecified atom stereocenters. The van der Waals surface area contributed by atoms with Crippen LogP contribution < -0.4 is 9.64 Å². The van der Waals surface area contributed by atoms with Gasteiger partial charge >= 0.3 is 6.09 Å². The fourth-order valence-electron chi connectivity index (χ4n) is 4.18. The summed E-state index contributed by atoms with van der Waals surface area (Å²) < 4.78 is 11.8. The van der Waals surface area contributed by atoms with Crippen LogP contribution in [0.3, 0.4) is 0 Å². The lowest BCUT2D eigenvalue weighted by atomic mass is 9.95. The van der Waals surface area contributed by atoms with Gasteiger partial charge in [-0.15, -0.1) is 0 Å². The normalized spacial score (nSPS) is 17.8. The molecular formula is C22H30N4O4S. The van der Waals surface area contributed by atoms with Gasteiger partial charge < -0.3 is 24.2 Å². The lowest BCUT2D eigenvalue weighted by Crippen LogP contribution is -2.53. The highest BCUT2D eigenvalue weighted by Gasteiger charge is 2.32. The predicted molar refractivity (Wildman–Crippen MR) is 121 cm³/mol. The third-order valence-electron chi connectivity index (χ3n) is 5.89. The average Bonchev–Trinajstić information content (AvgIpc) is 3.23. The van der Waals surface area contributed by atoms with E-state index >= 15 is 0 Å². The Labute approximate surface area is 186 Å². The number of carbonyl (C=O) groups is 2. The van der Waals surface area contributed by atoms with Crippen molar-refractivity contribution in [1.29, 1.82) is 0 Å². The third kappa shape index (κ3) is 4.87. The van der Waals surface area contributed by atoms with Crippen LogP contribution in [0, 0.1) is 5.92 Å². The second-order valence-electron chi connectivity index (χ2n) is 7.83. The summed E-state index contributed by atoms with van der Waals surface area (Å²) in [6.45, 7) is 8.71. The molecule has 31 heavy (non-hydrogen) atoms. The molecule has 0 bridgehead atoms. The number of aromatic nitrogens is 1. The van der Waals surface area contributed by atoms with Crippen LogP contribution in [0.15, 0.2) is 18.2 Å². The van der Waals surface area contributed by atoms with E-state index in [1.165, 1.54) is 0 Å². The Bertz CT molecular complexity index is 917. The Kier molecular flexibility index (Phi) is 6.80. The van der Waals surface area contributed by atoms with Gasteiger partial charge in [-0.2, -0.15) is 0 Å². The van der Waals surface area contributed by atoms with Gasteiger partial charge in [0, 0.05) is 45.2 Å². The van der Waals surface area contributed by atoms with Crippen molar-refractivity contribution in [3.05, 3.63) is 18.2 Å². The number of piperazine rings is 1. The zero-order chi connectivity index (χ0) is 21.8. The number of rotatable bonds is 5. The SMILES string of the molecule is CCOC(=O)N1CCN(C(=O)C2CCN(c3nc4ccc(OCC)cc4s3)CC2)CC1. The first-order valence-corrected chi connectivity index (χ1v) is 11.9. The summed E-state index contributed by atoms with van der Waals surface area (Å²) in [5.41, 5.74) is 0.987. The fourth-order valence-corrected chi connectivity index (χ4v) is 5.23. The Morgan fingerprint density at radius 1 is 1.03 bits per heavy atom. The van der Waals surface area contributed by atoms with Crippen molar-refractivity contribution < 1.29 is 19.1 Å². The van der Waals surface area contributed by atoms with E-state index in [4.69, 9.17) is 14.5 Å². The van der Waals surface area contributed by atoms with Crippen LogP contribution in [-0.2, 0) is 9.53 Å². The van der Waals surface area contributed by atoms with Gasteiger partial charge in [0.1, 0.15) is 5.75 Å². The second-order valence-corrected chi connectivity index (χ2v) is 8.84. The van der Waals surface area contributed by atoms with Crippen molar-refractivity contribution in [3.63, 3.8) is 0 Å². The van der Waals surface area contributed by atoms with Gasteiger partial charge in [-0.3, -0.25) is 4.79 Å². The quantitative estimate of drug-likeness (QED) is 0.702. The standard InChI is InChI=1S/C22H30N4O4S/c1-3-29-17-5-6-18-19(15-17)31-21(23-18)25-9-7-16(8-10-25)20(27)24-11-13-26(14-12-24)22(28)30-4-2/h5-6,15-16H,3-4,7-14H2,1-2H3. The molecule has 2 amide bonds. The number of amides is 2. The highest BCUT2D eigenvalue weighted by atomic mass is 32.1. The molecule has 2 fully saturated rings. The number of hydrogen-bond donors (Lipinski definition) is 0. The number of nitrogens with zero attached hydrogens (tertiary/aromatic N) is 4. The minimum absolute atomic E-state index is 0.0457. The van der Waals surface area contributed by atoms with Gasteiger partial charge in [-0.1, -0.05) is 11.3 Å². The summed E-state index contributed by atoms with van der Waals surface area (Å²) in [4.78, 5) is 35.5. The second kappa shape index (κ2) is 9.72. The van der Waals surface area contributed by atoms with Crippen LogP contribution in [-0.4, -0.2) is 79.3 Å². The molecule has 4 rings (SSSR count). The van der Waals surface area contributed by atoms with E-state index in [2.05, 4.69) is 4.90 Å². The van der Waals surface area contributed by atoms with Crippen molar-refractivity contribution in [2.24, 2.45) is 5.92 Å². The van der Waals surface area contributed by atoms with Gasteiger partial charge in [-0.05, 0) is 44.9 Å². The first-order chi connectivity index (χ1) is 15.1. The highest BCUT2D eigenvalue weighted by molar-refractivity contribution is 7.22. The average molecular weight is 447 g/mol. The largest absolute Gasteiger partial charge is 0.494 e. The number of benzene rings is 1. The Hall–Kier alpha value is -2.55. The summed E-state index contributed by atoms with van der Waals surface area (Å²) in [5, 5.41) is 1.01. The van der Waals surface area contributed by atoms with Crippen molar-refractivity contribution in [1.82, 2.24) is 14.8 Å². The molecule has 8 nitrogen and oxygen atoms in total. The third-order valence-corrected chi connectivity index (χ3v) is 6.97. The molecule has 168 valence electrons. The number of hydrogen-bond acceptors (Lipinski definition) is 7. The van der Waals surface area contributed by atoms with Crippen molar-refractivity contribution in [2.45, 2.75) is 26.7 Å². The van der Waals surface area contributed by atoms with E-state index in [0.717, 1.165) is 47.0 Å². The van der Waals surface area contributed by atoms with Crippen LogP contribution in [0.25, 0.3) is 10.2 Å². The number of fused-ring (bicyclic) bond motifs is 1. The van der Waals surface area contributed by atoms with E-state index in [1.54, 1.807) is 23.2 Å². The molecule has 0 spiro atoms. The van der Waals surface area contributed by atoms with E-state index in [9.17, 15) is 9.59 Å². The minimum Gasteiger partial charge on any atom is -0.494 e. The molecule has 0 aliphatic carbocycles. The van der Waals surface area contributed by atoms with Crippen LogP contribution in [0.1, 0.15) is 26.7 Å². The molecule has 0 atom stereocenters. The molecule has 0 N–H and O–H groups in total. The van der Waals surface area contributed by atoms with Gasteiger partial charge in [0.25, 0.3) is 0 Å². The summed E-state index contributed by atoms with van der Waals surface area (Å²) in [5.74, 6) is 1.13. The zero-order valence-corrected chi connectivity index (χ0v) is 19.0. The molecule has 2 saturated heterocycles. The number of ether oxygens (including phenoxy) is 2.